The van der Waals surface area contributed by atoms with Crippen LogP contribution in [0.2, 0.25) is 0 Å². The number of hydrogen-bond donors (Lipinski definition) is 0. The molecule has 30 heavy (non-hydrogen) atoms. The summed E-state index contributed by atoms with van der Waals surface area (Å²) in [5.74, 6) is 1.73. The Labute approximate surface area is 175 Å². The van der Waals surface area contributed by atoms with E-state index < -0.39 is 0 Å². The van der Waals surface area contributed by atoms with Crippen LogP contribution < -0.4 is 4.90 Å². The molecule has 5 rings (SSSR count). The summed E-state index contributed by atoms with van der Waals surface area (Å²) in [7, 11) is 0. The number of fused-ring (bicyclic) bond motifs is 3. The Morgan fingerprint density at radius 2 is 1.77 bits per heavy atom. The zero-order valence-electron chi connectivity index (χ0n) is 17.4. The topological polar surface area (TPSA) is 66.6 Å². The van der Waals surface area contributed by atoms with E-state index in [1.807, 2.05) is 71.7 Å². The van der Waals surface area contributed by atoms with Crippen LogP contribution in [-0.4, -0.2) is 56.1 Å². The number of carbonyl (C=O) groups is 1. The lowest BCUT2D eigenvalue weighted by Gasteiger charge is -2.40. The molecule has 7 nitrogen and oxygen atoms in total. The second kappa shape index (κ2) is 7.09. The zero-order chi connectivity index (χ0) is 20.8. The molecular formula is C23H24N6O. The quantitative estimate of drug-likeness (QED) is 0.517. The van der Waals surface area contributed by atoms with Crippen LogP contribution in [0.3, 0.4) is 0 Å². The van der Waals surface area contributed by atoms with Crippen molar-refractivity contribution in [1.82, 2.24) is 24.5 Å². The van der Waals surface area contributed by atoms with Gasteiger partial charge >= 0.3 is 0 Å². The standard InChI is InChI=1S/C23H24N6O/c1-15-8-10-18(11-9-15)22(30)28-13-12-27(14-16(28)2)23-24-20-7-5-4-6-19(20)21-26-25-17(3)29(21)23/h4-11,16H,12-14H2,1-3H3. The van der Waals surface area contributed by atoms with Crippen LogP contribution in [0.4, 0.5) is 5.95 Å². The molecule has 1 saturated heterocycles. The lowest BCUT2D eigenvalue weighted by molar-refractivity contribution is 0.0673. The molecule has 2 aromatic heterocycles. The molecule has 1 unspecified atom stereocenters. The highest BCUT2D eigenvalue weighted by Crippen LogP contribution is 2.26. The summed E-state index contributed by atoms with van der Waals surface area (Å²) in [4.78, 5) is 22.2. The molecule has 4 aromatic rings. The van der Waals surface area contributed by atoms with E-state index in [4.69, 9.17) is 4.98 Å². The van der Waals surface area contributed by atoms with Crippen molar-refractivity contribution in [3.05, 3.63) is 65.5 Å². The molecule has 0 aliphatic carbocycles. The van der Waals surface area contributed by atoms with E-state index in [2.05, 4.69) is 22.0 Å². The fraction of sp³-hybridized carbons (Fsp3) is 0.304. The normalized spacial score (nSPS) is 17.1. The van der Waals surface area contributed by atoms with Crippen molar-refractivity contribution in [1.29, 1.82) is 0 Å². The highest BCUT2D eigenvalue weighted by molar-refractivity contribution is 5.95. The number of carbonyl (C=O) groups excluding carboxylic acids is 1. The minimum Gasteiger partial charge on any atom is -0.338 e. The van der Waals surface area contributed by atoms with Crippen molar-refractivity contribution in [2.24, 2.45) is 0 Å². The Kier molecular flexibility index (Phi) is 4.38. The lowest BCUT2D eigenvalue weighted by Crippen LogP contribution is -2.54. The predicted octanol–water partition coefficient (Wildman–Crippen LogP) is 3.25. The summed E-state index contributed by atoms with van der Waals surface area (Å²) in [6.07, 6.45) is 0. The van der Waals surface area contributed by atoms with Crippen LogP contribution in [0, 0.1) is 13.8 Å². The maximum absolute atomic E-state index is 13.0. The van der Waals surface area contributed by atoms with Gasteiger partial charge in [-0.25, -0.2) is 9.38 Å². The molecule has 7 heteroatoms. The molecule has 1 aliphatic heterocycles. The van der Waals surface area contributed by atoms with E-state index in [0.29, 0.717) is 19.6 Å². The highest BCUT2D eigenvalue weighted by atomic mass is 16.2. The monoisotopic (exact) mass is 400 g/mol. The van der Waals surface area contributed by atoms with Gasteiger partial charge in [0.15, 0.2) is 5.65 Å². The van der Waals surface area contributed by atoms with Crippen molar-refractivity contribution in [2.75, 3.05) is 24.5 Å². The van der Waals surface area contributed by atoms with Crippen LogP contribution in [-0.2, 0) is 0 Å². The molecule has 0 radical (unpaired) electrons. The third-order valence-electron chi connectivity index (χ3n) is 5.86. The number of hydrogen-bond acceptors (Lipinski definition) is 5. The lowest BCUT2D eigenvalue weighted by atomic mass is 10.1. The van der Waals surface area contributed by atoms with Gasteiger partial charge in [0.2, 0.25) is 5.95 Å². The number of rotatable bonds is 2. The van der Waals surface area contributed by atoms with Gasteiger partial charge in [0.25, 0.3) is 5.91 Å². The van der Waals surface area contributed by atoms with E-state index in [0.717, 1.165) is 39.4 Å². The van der Waals surface area contributed by atoms with E-state index in [1.165, 1.54) is 0 Å². The molecule has 1 atom stereocenters. The summed E-state index contributed by atoms with van der Waals surface area (Å²) in [6, 6.07) is 15.9. The maximum atomic E-state index is 13.0. The van der Waals surface area contributed by atoms with E-state index >= 15 is 0 Å². The van der Waals surface area contributed by atoms with Crippen molar-refractivity contribution < 1.29 is 4.79 Å². The number of piperazine rings is 1. The minimum atomic E-state index is 0.0626. The molecule has 1 amide bonds. The Morgan fingerprint density at radius 1 is 1.00 bits per heavy atom. The fourth-order valence-electron chi connectivity index (χ4n) is 4.21. The van der Waals surface area contributed by atoms with Gasteiger partial charge < -0.3 is 9.80 Å². The first kappa shape index (κ1) is 18.5. The molecule has 0 bridgehead atoms. The smallest absolute Gasteiger partial charge is 0.254 e. The second-order valence-electron chi connectivity index (χ2n) is 7.99. The SMILES string of the molecule is Cc1ccc(C(=O)N2CCN(c3nc4ccccc4c4nnc(C)n34)CC2C)cc1. The molecule has 0 N–H and O–H groups in total. The van der Waals surface area contributed by atoms with Crippen LogP contribution in [0.15, 0.2) is 48.5 Å². The number of aromatic nitrogens is 4. The number of para-hydroxylation sites is 1. The second-order valence-corrected chi connectivity index (χ2v) is 7.99. The molecular weight excluding hydrogens is 376 g/mol. The van der Waals surface area contributed by atoms with Gasteiger partial charge in [-0.15, -0.1) is 10.2 Å². The molecule has 0 saturated carbocycles. The van der Waals surface area contributed by atoms with Gasteiger partial charge in [0.1, 0.15) is 5.82 Å². The molecule has 152 valence electrons. The summed E-state index contributed by atoms with van der Waals surface area (Å²) in [5.41, 5.74) is 3.61. The first-order chi connectivity index (χ1) is 14.5. The zero-order valence-corrected chi connectivity index (χ0v) is 17.4. The van der Waals surface area contributed by atoms with Gasteiger partial charge in [0.05, 0.1) is 5.52 Å². The Balaban J connectivity index is 1.47. The molecule has 3 heterocycles. The number of nitrogens with zero attached hydrogens (tertiary/aromatic N) is 6. The van der Waals surface area contributed by atoms with Gasteiger partial charge in [-0.3, -0.25) is 4.79 Å². The number of benzene rings is 2. The minimum absolute atomic E-state index is 0.0626. The van der Waals surface area contributed by atoms with Crippen molar-refractivity contribution in [3.8, 4) is 0 Å². The third-order valence-corrected chi connectivity index (χ3v) is 5.86. The Morgan fingerprint density at radius 3 is 2.53 bits per heavy atom. The fourth-order valence-corrected chi connectivity index (χ4v) is 4.21. The molecule has 1 fully saturated rings. The number of anilines is 1. The van der Waals surface area contributed by atoms with Crippen LogP contribution >= 0.6 is 0 Å². The summed E-state index contributed by atoms with van der Waals surface area (Å²) in [5, 5.41) is 9.67. The molecule has 0 spiro atoms. The molecule has 2 aromatic carbocycles. The van der Waals surface area contributed by atoms with Crippen LogP contribution in [0.5, 0.6) is 0 Å². The van der Waals surface area contributed by atoms with Gasteiger partial charge in [-0.2, -0.15) is 0 Å². The average Bonchev–Trinajstić information content (AvgIpc) is 3.15. The van der Waals surface area contributed by atoms with Crippen molar-refractivity contribution >= 4 is 28.4 Å². The first-order valence-corrected chi connectivity index (χ1v) is 10.3. The highest BCUT2D eigenvalue weighted by Gasteiger charge is 2.30. The summed E-state index contributed by atoms with van der Waals surface area (Å²) >= 11 is 0. The Hall–Kier alpha value is -3.48. The first-order valence-electron chi connectivity index (χ1n) is 10.3. The summed E-state index contributed by atoms with van der Waals surface area (Å²) < 4.78 is 2.02. The van der Waals surface area contributed by atoms with Crippen molar-refractivity contribution in [2.45, 2.75) is 26.8 Å². The van der Waals surface area contributed by atoms with Gasteiger partial charge in [-0.1, -0.05) is 29.8 Å². The van der Waals surface area contributed by atoms with E-state index in [9.17, 15) is 4.79 Å². The molecule has 1 aliphatic rings. The maximum Gasteiger partial charge on any atom is 0.254 e. The van der Waals surface area contributed by atoms with Crippen LogP contribution in [0.1, 0.15) is 28.7 Å². The Bertz CT molecular complexity index is 1250. The van der Waals surface area contributed by atoms with E-state index in [-0.39, 0.29) is 11.9 Å². The van der Waals surface area contributed by atoms with Crippen molar-refractivity contribution in [3.63, 3.8) is 0 Å². The largest absolute Gasteiger partial charge is 0.338 e. The van der Waals surface area contributed by atoms with Gasteiger partial charge in [-0.05, 0) is 45.0 Å². The number of aryl methyl sites for hydroxylation is 2. The summed E-state index contributed by atoms with van der Waals surface area (Å²) in [6.45, 7) is 8.12. The predicted molar refractivity (Wildman–Crippen MR) is 117 cm³/mol. The number of amides is 1. The average molecular weight is 400 g/mol. The van der Waals surface area contributed by atoms with E-state index in [1.54, 1.807) is 0 Å². The van der Waals surface area contributed by atoms with Gasteiger partial charge in [0, 0.05) is 36.6 Å². The third kappa shape index (κ3) is 2.98. The van der Waals surface area contributed by atoms with Crippen LogP contribution in [0.25, 0.3) is 16.6 Å².